The minimum absolute atomic E-state index is 0.0298. The van der Waals surface area contributed by atoms with Gasteiger partial charge in [0.05, 0.1) is 5.75 Å². The Morgan fingerprint density at radius 2 is 2.11 bits per heavy atom. The molecule has 2 N–H and O–H groups in total. The second-order valence-electron chi connectivity index (χ2n) is 4.16. The van der Waals surface area contributed by atoms with Gasteiger partial charge in [-0.05, 0) is 12.8 Å². The molecule has 6 nitrogen and oxygen atoms in total. The van der Waals surface area contributed by atoms with Crippen LogP contribution in [0.4, 0.5) is 0 Å². The van der Waals surface area contributed by atoms with Crippen LogP contribution in [0.25, 0.3) is 0 Å². The lowest BCUT2D eigenvalue weighted by atomic mass is 10.1. The van der Waals surface area contributed by atoms with Crippen molar-refractivity contribution >= 4 is 21.7 Å². The molecule has 1 amide bonds. The first-order chi connectivity index (χ1) is 8.38. The van der Waals surface area contributed by atoms with Crippen molar-refractivity contribution in [2.24, 2.45) is 0 Å². The van der Waals surface area contributed by atoms with E-state index in [1.165, 1.54) is 0 Å². The van der Waals surface area contributed by atoms with Crippen molar-refractivity contribution in [3.8, 4) is 12.3 Å². The van der Waals surface area contributed by atoms with Gasteiger partial charge in [0.15, 0.2) is 9.84 Å². The van der Waals surface area contributed by atoms with Crippen molar-refractivity contribution in [2.45, 2.75) is 37.0 Å². The number of amides is 1. The van der Waals surface area contributed by atoms with Gasteiger partial charge in [-0.25, -0.2) is 13.2 Å². The Labute approximate surface area is 106 Å². The second-order valence-corrected chi connectivity index (χ2v) is 6.46. The summed E-state index contributed by atoms with van der Waals surface area (Å²) in [5.74, 6) is 0.0680. The Morgan fingerprint density at radius 3 is 2.61 bits per heavy atom. The van der Waals surface area contributed by atoms with E-state index < -0.39 is 33.0 Å². The van der Waals surface area contributed by atoms with Gasteiger partial charge in [0.1, 0.15) is 11.3 Å². The predicted octanol–water partition coefficient (Wildman–Crippen LogP) is -0.454. The van der Waals surface area contributed by atoms with Crippen LogP contribution in [0.2, 0.25) is 0 Å². The molecular weight excluding hydrogens is 258 g/mol. The summed E-state index contributed by atoms with van der Waals surface area (Å²) < 4.78 is 23.4. The molecule has 0 bridgehead atoms. The third-order valence-corrected chi connectivity index (χ3v) is 4.98. The maximum atomic E-state index is 11.8. The molecule has 0 aromatic rings. The van der Waals surface area contributed by atoms with E-state index in [0.29, 0.717) is 12.8 Å². The second kappa shape index (κ2) is 5.87. The van der Waals surface area contributed by atoms with E-state index in [-0.39, 0.29) is 18.6 Å². The fourth-order valence-electron chi connectivity index (χ4n) is 1.83. The number of hydrogen-bond acceptors (Lipinski definition) is 4. The summed E-state index contributed by atoms with van der Waals surface area (Å²) in [5.41, 5.74) is 0. The van der Waals surface area contributed by atoms with Crippen molar-refractivity contribution in [3.63, 3.8) is 0 Å². The van der Waals surface area contributed by atoms with E-state index in [4.69, 9.17) is 11.5 Å². The van der Waals surface area contributed by atoms with Gasteiger partial charge in [-0.1, -0.05) is 6.42 Å². The topological polar surface area (TPSA) is 101 Å². The molecule has 1 aliphatic heterocycles. The van der Waals surface area contributed by atoms with E-state index in [1.54, 1.807) is 0 Å². The minimum atomic E-state index is -3.47. The van der Waals surface area contributed by atoms with Crippen LogP contribution in [-0.4, -0.2) is 42.4 Å². The molecule has 2 atom stereocenters. The molecule has 1 rings (SSSR count). The van der Waals surface area contributed by atoms with Gasteiger partial charge >= 0.3 is 5.97 Å². The van der Waals surface area contributed by atoms with Crippen LogP contribution < -0.4 is 5.32 Å². The maximum Gasteiger partial charge on any atom is 0.327 e. The van der Waals surface area contributed by atoms with Gasteiger partial charge in [0, 0.05) is 6.42 Å². The molecule has 18 heavy (non-hydrogen) atoms. The summed E-state index contributed by atoms with van der Waals surface area (Å²) in [6, 6.07) is -1.24. The van der Waals surface area contributed by atoms with Gasteiger partial charge in [0.2, 0.25) is 5.91 Å². The van der Waals surface area contributed by atoms with E-state index >= 15 is 0 Å². The lowest BCUT2D eigenvalue weighted by Gasteiger charge is -2.22. The number of carboxylic acids is 1. The molecule has 100 valence electrons. The van der Waals surface area contributed by atoms with Crippen LogP contribution in [0.3, 0.4) is 0 Å². The molecule has 1 aliphatic rings. The normalized spacial score (nSPS) is 23.6. The molecule has 1 fully saturated rings. The molecule has 0 aliphatic carbocycles. The lowest BCUT2D eigenvalue weighted by molar-refractivity contribution is -0.141. The van der Waals surface area contributed by atoms with Crippen molar-refractivity contribution in [2.75, 3.05) is 5.75 Å². The van der Waals surface area contributed by atoms with Crippen LogP contribution in [0, 0.1) is 12.3 Å². The zero-order valence-electron chi connectivity index (χ0n) is 9.76. The molecule has 1 saturated heterocycles. The molecular formula is C11H15NO5S. The van der Waals surface area contributed by atoms with Crippen molar-refractivity contribution in [1.82, 2.24) is 5.32 Å². The van der Waals surface area contributed by atoms with Crippen molar-refractivity contribution in [1.29, 1.82) is 0 Å². The molecule has 2 unspecified atom stereocenters. The molecule has 0 saturated carbocycles. The zero-order valence-corrected chi connectivity index (χ0v) is 10.6. The van der Waals surface area contributed by atoms with E-state index in [0.717, 1.165) is 0 Å². The molecule has 0 spiro atoms. The summed E-state index contributed by atoms with van der Waals surface area (Å²) in [6.07, 6.45) is 6.24. The average molecular weight is 273 g/mol. The number of hydrogen-bond donors (Lipinski definition) is 2. The summed E-state index contributed by atoms with van der Waals surface area (Å²) in [6.45, 7) is 0. The zero-order chi connectivity index (χ0) is 13.8. The molecule has 7 heteroatoms. The van der Waals surface area contributed by atoms with Gasteiger partial charge in [-0.3, -0.25) is 4.79 Å². The Balaban J connectivity index is 2.75. The monoisotopic (exact) mass is 273 g/mol. The van der Waals surface area contributed by atoms with Gasteiger partial charge < -0.3 is 10.4 Å². The maximum absolute atomic E-state index is 11.8. The van der Waals surface area contributed by atoms with E-state index in [2.05, 4.69) is 11.2 Å². The number of aliphatic carboxylic acids is 1. The molecule has 0 aromatic heterocycles. The Bertz CT molecular complexity index is 476. The van der Waals surface area contributed by atoms with Crippen LogP contribution >= 0.6 is 0 Å². The van der Waals surface area contributed by atoms with Crippen LogP contribution in [0.5, 0.6) is 0 Å². The SMILES string of the molecule is C#CCC(NC(=O)C1CCCCS1(=O)=O)C(=O)O. The van der Waals surface area contributed by atoms with Crippen LogP contribution in [0.15, 0.2) is 0 Å². The first kappa shape index (κ1) is 14.5. The number of carbonyl (C=O) groups is 2. The van der Waals surface area contributed by atoms with Gasteiger partial charge in [-0.2, -0.15) is 0 Å². The van der Waals surface area contributed by atoms with Crippen molar-refractivity contribution < 1.29 is 23.1 Å². The van der Waals surface area contributed by atoms with E-state index in [9.17, 15) is 18.0 Å². The van der Waals surface area contributed by atoms with Crippen LogP contribution in [0.1, 0.15) is 25.7 Å². The Morgan fingerprint density at radius 1 is 1.44 bits per heavy atom. The number of rotatable bonds is 4. The number of carboxylic acid groups (broad SMARTS) is 1. The van der Waals surface area contributed by atoms with Crippen LogP contribution in [-0.2, 0) is 19.4 Å². The third kappa shape index (κ3) is 3.47. The van der Waals surface area contributed by atoms with E-state index in [1.807, 2.05) is 0 Å². The number of sulfone groups is 1. The summed E-state index contributed by atoms with van der Waals surface area (Å²) in [7, 11) is -3.47. The standard InChI is InChI=1S/C11H15NO5S/c1-2-5-8(11(14)15)12-10(13)9-6-3-4-7-18(9,16)17/h1,8-9H,3-7H2,(H,12,13)(H,14,15). The van der Waals surface area contributed by atoms with Gasteiger partial charge in [0.25, 0.3) is 0 Å². The largest absolute Gasteiger partial charge is 0.480 e. The number of nitrogens with one attached hydrogen (secondary N) is 1. The number of terminal acetylenes is 1. The molecule has 0 aromatic carbocycles. The molecule has 0 radical (unpaired) electrons. The van der Waals surface area contributed by atoms with Crippen molar-refractivity contribution in [3.05, 3.63) is 0 Å². The summed E-state index contributed by atoms with van der Waals surface area (Å²) >= 11 is 0. The minimum Gasteiger partial charge on any atom is -0.480 e. The molecule has 1 heterocycles. The quantitative estimate of drug-likeness (QED) is 0.675. The summed E-state index contributed by atoms with van der Waals surface area (Å²) in [5, 5.41) is 9.86. The Kier molecular flexibility index (Phi) is 4.73. The predicted molar refractivity (Wildman–Crippen MR) is 64.4 cm³/mol. The first-order valence-corrected chi connectivity index (χ1v) is 7.28. The highest BCUT2D eigenvalue weighted by Gasteiger charge is 2.36. The Hall–Kier alpha value is -1.55. The highest BCUT2D eigenvalue weighted by atomic mass is 32.2. The fourth-order valence-corrected chi connectivity index (χ4v) is 3.64. The van der Waals surface area contributed by atoms with Gasteiger partial charge in [-0.15, -0.1) is 12.3 Å². The highest BCUT2D eigenvalue weighted by molar-refractivity contribution is 7.92. The first-order valence-electron chi connectivity index (χ1n) is 5.56. The highest BCUT2D eigenvalue weighted by Crippen LogP contribution is 2.19. The average Bonchev–Trinajstić information content (AvgIpc) is 2.27. The smallest absolute Gasteiger partial charge is 0.327 e. The summed E-state index contributed by atoms with van der Waals surface area (Å²) in [4.78, 5) is 22.6. The number of carbonyl (C=O) groups excluding carboxylic acids is 1. The third-order valence-electron chi connectivity index (χ3n) is 2.81. The lowest BCUT2D eigenvalue weighted by Crippen LogP contribution is -2.49. The fraction of sp³-hybridized carbons (Fsp3) is 0.636.